The van der Waals surface area contributed by atoms with Crippen LogP contribution in [0.4, 0.5) is 0 Å². The lowest BCUT2D eigenvalue weighted by Gasteiger charge is -2.42. The van der Waals surface area contributed by atoms with Gasteiger partial charge in [0.1, 0.15) is 10.8 Å². The summed E-state index contributed by atoms with van der Waals surface area (Å²) in [5, 5.41) is 12.7. The molecular formula is C26H29N3O3S. The number of piperazine rings is 1. The number of carbonyl (C=O) groups is 1. The highest BCUT2D eigenvalue weighted by Gasteiger charge is 2.34. The molecule has 2 fully saturated rings. The van der Waals surface area contributed by atoms with Crippen LogP contribution in [0.25, 0.3) is 10.6 Å². The number of carbonyl (C=O) groups excluding carboxylic acids is 1. The molecule has 2 aliphatic rings. The average molecular weight is 464 g/mol. The molecule has 1 N–H and O–H groups in total. The Morgan fingerprint density at radius 2 is 2.03 bits per heavy atom. The first-order valence-corrected chi connectivity index (χ1v) is 12.5. The van der Waals surface area contributed by atoms with Crippen molar-refractivity contribution in [3.8, 4) is 16.3 Å². The minimum atomic E-state index is -0.383. The molecule has 3 heterocycles. The number of aromatic hydroxyl groups is 1. The van der Waals surface area contributed by atoms with Crippen molar-refractivity contribution in [1.29, 1.82) is 0 Å². The molecule has 1 aromatic heterocycles. The van der Waals surface area contributed by atoms with Crippen LogP contribution in [0.1, 0.15) is 47.4 Å². The van der Waals surface area contributed by atoms with Gasteiger partial charge < -0.3 is 9.84 Å². The Hall–Kier alpha value is -2.74. The third-order valence-electron chi connectivity index (χ3n) is 6.63. The van der Waals surface area contributed by atoms with E-state index in [-0.39, 0.29) is 12.0 Å². The number of esters is 1. The Morgan fingerprint density at radius 1 is 1.18 bits per heavy atom. The van der Waals surface area contributed by atoms with Crippen LogP contribution in [0.3, 0.4) is 0 Å². The maximum Gasteiger partial charge on any atom is 0.357 e. The SMILES string of the molecule is CCOC(=O)c1csc(-c2ccc(C(c3cccc(O)c3)N3CCN4CCC[C@@H]4C3)cc2)n1. The quantitative estimate of drug-likeness (QED) is 0.541. The number of benzene rings is 2. The summed E-state index contributed by atoms with van der Waals surface area (Å²) in [4.78, 5) is 21.6. The second-order valence-corrected chi connectivity index (χ2v) is 9.56. The summed E-state index contributed by atoms with van der Waals surface area (Å²) in [6.07, 6.45) is 2.54. The lowest BCUT2D eigenvalue weighted by Crippen LogP contribution is -2.51. The first-order chi connectivity index (χ1) is 16.1. The molecule has 5 rings (SSSR count). The van der Waals surface area contributed by atoms with Crippen LogP contribution in [0.15, 0.2) is 53.9 Å². The van der Waals surface area contributed by atoms with Crippen LogP contribution in [0, 0.1) is 0 Å². The van der Waals surface area contributed by atoms with Crippen molar-refractivity contribution in [3.63, 3.8) is 0 Å². The normalized spacial score (nSPS) is 19.8. The topological polar surface area (TPSA) is 65.9 Å². The number of hydrogen-bond donors (Lipinski definition) is 1. The van der Waals surface area contributed by atoms with E-state index in [1.165, 1.54) is 36.3 Å². The van der Waals surface area contributed by atoms with Gasteiger partial charge in [-0.15, -0.1) is 11.3 Å². The Kier molecular flexibility index (Phi) is 6.44. The maximum atomic E-state index is 12.0. The van der Waals surface area contributed by atoms with Gasteiger partial charge in [-0.1, -0.05) is 36.4 Å². The highest BCUT2D eigenvalue weighted by Crippen LogP contribution is 2.35. The Morgan fingerprint density at radius 3 is 2.82 bits per heavy atom. The predicted octanol–water partition coefficient (Wildman–Crippen LogP) is 4.56. The molecule has 172 valence electrons. The molecule has 0 radical (unpaired) electrons. The van der Waals surface area contributed by atoms with Crippen LogP contribution >= 0.6 is 11.3 Å². The van der Waals surface area contributed by atoms with E-state index in [2.05, 4.69) is 45.1 Å². The lowest BCUT2D eigenvalue weighted by atomic mass is 9.94. The van der Waals surface area contributed by atoms with Crippen LogP contribution in [0.2, 0.25) is 0 Å². The van der Waals surface area contributed by atoms with E-state index in [4.69, 9.17) is 4.74 Å². The van der Waals surface area contributed by atoms with Crippen LogP contribution < -0.4 is 0 Å². The van der Waals surface area contributed by atoms with Gasteiger partial charge >= 0.3 is 5.97 Å². The Bertz CT molecular complexity index is 1110. The number of rotatable bonds is 6. The molecule has 7 heteroatoms. The van der Waals surface area contributed by atoms with Crippen molar-refractivity contribution in [1.82, 2.24) is 14.8 Å². The minimum Gasteiger partial charge on any atom is -0.508 e. The number of fused-ring (bicyclic) bond motifs is 1. The molecule has 1 unspecified atom stereocenters. The van der Waals surface area contributed by atoms with E-state index in [0.29, 0.717) is 24.1 Å². The fourth-order valence-corrected chi connectivity index (χ4v) is 5.87. The van der Waals surface area contributed by atoms with Crippen molar-refractivity contribution in [2.24, 2.45) is 0 Å². The summed E-state index contributed by atoms with van der Waals surface area (Å²) in [5.41, 5.74) is 3.63. The smallest absolute Gasteiger partial charge is 0.357 e. The van der Waals surface area contributed by atoms with Gasteiger partial charge in [-0.05, 0) is 49.6 Å². The van der Waals surface area contributed by atoms with Crippen molar-refractivity contribution < 1.29 is 14.6 Å². The number of thiazole rings is 1. The maximum absolute atomic E-state index is 12.0. The highest BCUT2D eigenvalue weighted by atomic mass is 32.1. The molecule has 2 aliphatic heterocycles. The summed E-state index contributed by atoms with van der Waals surface area (Å²) in [6.45, 7) is 6.48. The van der Waals surface area contributed by atoms with Crippen LogP contribution in [-0.4, -0.2) is 64.7 Å². The van der Waals surface area contributed by atoms with E-state index >= 15 is 0 Å². The largest absolute Gasteiger partial charge is 0.508 e. The number of nitrogens with zero attached hydrogens (tertiary/aromatic N) is 3. The fourth-order valence-electron chi connectivity index (χ4n) is 5.07. The standard InChI is InChI=1S/C26H29N3O3S/c1-2-32-26(31)23-17-33-25(27-23)19-10-8-18(9-11-19)24(20-5-3-7-22(30)15-20)29-14-13-28-12-4-6-21(28)16-29/h3,5,7-11,15,17,21,24,30H,2,4,6,12-14,16H2,1H3/t21-,24?/m1/s1. The fraction of sp³-hybridized carbons (Fsp3) is 0.385. The van der Waals surface area contributed by atoms with Gasteiger partial charge in [-0.25, -0.2) is 9.78 Å². The zero-order valence-electron chi connectivity index (χ0n) is 18.8. The number of aromatic nitrogens is 1. The van der Waals surface area contributed by atoms with E-state index in [1.807, 2.05) is 12.1 Å². The molecule has 2 saturated heterocycles. The van der Waals surface area contributed by atoms with Crippen molar-refractivity contribution in [2.75, 3.05) is 32.8 Å². The summed E-state index contributed by atoms with van der Waals surface area (Å²) < 4.78 is 5.06. The molecule has 33 heavy (non-hydrogen) atoms. The van der Waals surface area contributed by atoms with Gasteiger partial charge in [-0.2, -0.15) is 0 Å². The molecule has 0 aliphatic carbocycles. The van der Waals surface area contributed by atoms with Gasteiger partial charge in [0.25, 0.3) is 0 Å². The molecule has 0 bridgehead atoms. The summed E-state index contributed by atoms with van der Waals surface area (Å²) in [7, 11) is 0. The van der Waals surface area contributed by atoms with Gasteiger partial charge in [0.05, 0.1) is 12.6 Å². The molecule has 0 spiro atoms. The van der Waals surface area contributed by atoms with Gasteiger partial charge in [0.2, 0.25) is 0 Å². The van der Waals surface area contributed by atoms with Crippen LogP contribution in [0.5, 0.6) is 5.75 Å². The van der Waals surface area contributed by atoms with E-state index < -0.39 is 0 Å². The number of phenolic OH excluding ortho intramolecular Hbond substituents is 1. The van der Waals surface area contributed by atoms with E-state index in [1.54, 1.807) is 18.4 Å². The Labute approximate surface area is 198 Å². The predicted molar refractivity (Wildman–Crippen MR) is 130 cm³/mol. The van der Waals surface area contributed by atoms with Gasteiger partial charge in [0, 0.05) is 36.6 Å². The van der Waals surface area contributed by atoms with E-state index in [9.17, 15) is 9.90 Å². The lowest BCUT2D eigenvalue weighted by molar-refractivity contribution is 0.0520. The zero-order valence-corrected chi connectivity index (χ0v) is 19.6. The molecular weight excluding hydrogens is 434 g/mol. The molecule has 2 atom stereocenters. The van der Waals surface area contributed by atoms with Crippen molar-refractivity contribution >= 4 is 17.3 Å². The summed E-state index contributed by atoms with van der Waals surface area (Å²) in [5.74, 6) is -0.0884. The van der Waals surface area contributed by atoms with Crippen molar-refractivity contribution in [3.05, 3.63) is 70.7 Å². The third kappa shape index (κ3) is 4.67. The molecule has 6 nitrogen and oxygen atoms in total. The molecule has 0 saturated carbocycles. The second-order valence-electron chi connectivity index (χ2n) is 8.70. The van der Waals surface area contributed by atoms with Crippen LogP contribution in [-0.2, 0) is 4.74 Å². The third-order valence-corrected chi connectivity index (χ3v) is 7.52. The minimum absolute atomic E-state index is 0.0836. The summed E-state index contributed by atoms with van der Waals surface area (Å²) >= 11 is 1.45. The first kappa shape index (κ1) is 22.1. The monoisotopic (exact) mass is 463 g/mol. The van der Waals surface area contributed by atoms with Crippen molar-refractivity contribution in [2.45, 2.75) is 31.8 Å². The van der Waals surface area contributed by atoms with E-state index in [0.717, 1.165) is 35.8 Å². The average Bonchev–Trinajstić information content (AvgIpc) is 3.50. The number of hydrogen-bond acceptors (Lipinski definition) is 7. The highest BCUT2D eigenvalue weighted by molar-refractivity contribution is 7.13. The van der Waals surface area contributed by atoms with Gasteiger partial charge in [0.15, 0.2) is 5.69 Å². The molecule has 3 aromatic rings. The van der Waals surface area contributed by atoms with Gasteiger partial charge in [-0.3, -0.25) is 9.80 Å². The first-order valence-electron chi connectivity index (χ1n) is 11.6. The molecule has 2 aromatic carbocycles. The molecule has 0 amide bonds. The second kappa shape index (κ2) is 9.63. The summed E-state index contributed by atoms with van der Waals surface area (Å²) in [6, 6.07) is 16.8. The Balaban J connectivity index is 1.43. The number of phenols is 1. The number of ether oxygens (including phenoxy) is 1. The zero-order chi connectivity index (χ0) is 22.8.